The van der Waals surface area contributed by atoms with Gasteiger partial charge in [-0.3, -0.25) is 14.4 Å². The summed E-state index contributed by atoms with van der Waals surface area (Å²) in [5, 5.41) is 35.5. The Kier molecular flexibility index (Phi) is 10.8. The van der Waals surface area contributed by atoms with Crippen LogP contribution in [0.4, 0.5) is 0 Å². The van der Waals surface area contributed by atoms with E-state index in [1.807, 2.05) is 0 Å². The normalized spacial score (nSPS) is 15.7. The minimum Gasteiger partial charge on any atom is -0.480 e. The van der Waals surface area contributed by atoms with Crippen molar-refractivity contribution >= 4 is 23.7 Å². The molecule has 0 saturated heterocycles. The fourth-order valence-electron chi connectivity index (χ4n) is 2.78. The Balaban J connectivity index is 2.84. The molecular weight excluding hydrogens is 420 g/mol. The molecule has 0 aromatic heterocycles. The minimum atomic E-state index is -1.44. The quantitative estimate of drug-likeness (QED) is 0.192. The lowest BCUT2D eigenvalue weighted by molar-refractivity contribution is -0.142. The molecule has 178 valence electrons. The number of carboxylic acid groups (broad SMARTS) is 1. The summed E-state index contributed by atoms with van der Waals surface area (Å²) in [6.45, 7) is 3.83. The van der Waals surface area contributed by atoms with Gasteiger partial charge in [-0.1, -0.05) is 44.2 Å². The van der Waals surface area contributed by atoms with Crippen molar-refractivity contribution in [1.29, 1.82) is 0 Å². The van der Waals surface area contributed by atoms with Gasteiger partial charge in [0.1, 0.15) is 24.2 Å². The Labute approximate surface area is 186 Å². The number of nitrogens with two attached hydrogens (primary N) is 1. The van der Waals surface area contributed by atoms with Crippen molar-refractivity contribution in [3.8, 4) is 0 Å². The first kappa shape index (κ1) is 27.0. The van der Waals surface area contributed by atoms with Crippen LogP contribution in [0.1, 0.15) is 26.3 Å². The zero-order valence-electron chi connectivity index (χ0n) is 18.3. The van der Waals surface area contributed by atoms with Crippen LogP contribution in [-0.2, 0) is 25.6 Å². The fourth-order valence-corrected chi connectivity index (χ4v) is 2.78. The van der Waals surface area contributed by atoms with Gasteiger partial charge in [-0.05, 0) is 18.4 Å². The molecule has 11 nitrogen and oxygen atoms in total. The zero-order chi connectivity index (χ0) is 24.4. The van der Waals surface area contributed by atoms with Crippen molar-refractivity contribution < 1.29 is 34.5 Å². The van der Waals surface area contributed by atoms with Gasteiger partial charge in [0.2, 0.25) is 17.7 Å². The first-order valence-corrected chi connectivity index (χ1v) is 10.2. The lowest BCUT2D eigenvalue weighted by Crippen LogP contribution is -2.60. The SMILES string of the molecule is CC(C)C(NC(=O)C(N)C(C)O)C(=O)NC(CO)C(=O)NC(Cc1ccccc1)C(=O)O. The van der Waals surface area contributed by atoms with Crippen LogP contribution >= 0.6 is 0 Å². The fraction of sp³-hybridized carbons (Fsp3) is 0.524. The summed E-state index contributed by atoms with van der Waals surface area (Å²) in [4.78, 5) is 48.9. The zero-order valence-corrected chi connectivity index (χ0v) is 18.3. The number of carbonyl (C=O) groups is 4. The monoisotopic (exact) mass is 452 g/mol. The van der Waals surface area contributed by atoms with E-state index < -0.39 is 66.5 Å². The molecule has 0 fully saturated rings. The maximum atomic E-state index is 12.7. The molecule has 0 bridgehead atoms. The molecule has 0 spiro atoms. The van der Waals surface area contributed by atoms with E-state index in [0.717, 1.165) is 0 Å². The molecule has 32 heavy (non-hydrogen) atoms. The van der Waals surface area contributed by atoms with E-state index in [9.17, 15) is 34.5 Å². The highest BCUT2D eigenvalue weighted by molar-refractivity contribution is 5.94. The molecular formula is C21H32N4O7. The standard InChI is InChI=1S/C21H32N4O7/c1-11(2)17(25-19(29)16(22)12(3)27)20(30)24-15(10-26)18(28)23-14(21(31)32)9-13-7-5-4-6-8-13/h4-8,11-12,14-17,26-27H,9-10,22H2,1-3H3,(H,23,28)(H,24,30)(H,25,29)(H,31,32). The number of carboxylic acids is 1. The van der Waals surface area contributed by atoms with Crippen molar-refractivity contribution in [2.45, 2.75) is 57.5 Å². The van der Waals surface area contributed by atoms with Crippen LogP contribution in [0.3, 0.4) is 0 Å². The van der Waals surface area contributed by atoms with E-state index in [0.29, 0.717) is 5.56 Å². The lowest BCUT2D eigenvalue weighted by Gasteiger charge is -2.26. The molecule has 0 aliphatic carbocycles. The summed E-state index contributed by atoms with van der Waals surface area (Å²) in [5.74, 6) is -4.10. The Morgan fingerprint density at radius 2 is 1.47 bits per heavy atom. The molecule has 0 aliphatic rings. The summed E-state index contributed by atoms with van der Waals surface area (Å²) in [6.07, 6.45) is -1.13. The number of hydrogen-bond donors (Lipinski definition) is 7. The molecule has 3 amide bonds. The number of nitrogens with one attached hydrogen (secondary N) is 3. The third-order valence-corrected chi connectivity index (χ3v) is 4.78. The van der Waals surface area contributed by atoms with Gasteiger partial charge >= 0.3 is 5.97 Å². The first-order valence-electron chi connectivity index (χ1n) is 10.2. The third-order valence-electron chi connectivity index (χ3n) is 4.78. The molecule has 5 unspecified atom stereocenters. The van der Waals surface area contributed by atoms with Crippen molar-refractivity contribution in [3.05, 3.63) is 35.9 Å². The second-order valence-corrected chi connectivity index (χ2v) is 7.83. The van der Waals surface area contributed by atoms with Gasteiger partial charge in [0.05, 0.1) is 12.7 Å². The topological polar surface area (TPSA) is 191 Å². The molecule has 0 heterocycles. The molecule has 0 saturated carbocycles. The van der Waals surface area contributed by atoms with Crippen LogP contribution in [-0.4, -0.2) is 75.9 Å². The molecule has 0 aliphatic heterocycles. The number of aliphatic hydroxyl groups excluding tert-OH is 2. The number of hydrogen-bond acceptors (Lipinski definition) is 7. The van der Waals surface area contributed by atoms with Gasteiger partial charge in [0.15, 0.2) is 0 Å². The van der Waals surface area contributed by atoms with Crippen LogP contribution < -0.4 is 21.7 Å². The molecule has 1 aromatic rings. The van der Waals surface area contributed by atoms with Crippen molar-refractivity contribution in [1.82, 2.24) is 16.0 Å². The van der Waals surface area contributed by atoms with Crippen LogP contribution in [0.5, 0.6) is 0 Å². The maximum absolute atomic E-state index is 12.7. The highest BCUT2D eigenvalue weighted by Crippen LogP contribution is 2.06. The predicted octanol–water partition coefficient (Wildman–Crippen LogP) is -1.88. The number of amides is 3. The van der Waals surface area contributed by atoms with Gasteiger partial charge in [-0.2, -0.15) is 0 Å². The molecule has 1 aromatic carbocycles. The molecule has 5 atom stereocenters. The molecule has 8 N–H and O–H groups in total. The Bertz CT molecular complexity index is 786. The number of rotatable bonds is 12. The van der Waals surface area contributed by atoms with Crippen molar-refractivity contribution in [3.63, 3.8) is 0 Å². The first-order chi connectivity index (χ1) is 15.0. The van der Waals surface area contributed by atoms with Crippen LogP contribution in [0.25, 0.3) is 0 Å². The summed E-state index contributed by atoms with van der Waals surface area (Å²) in [6, 6.07) is 3.58. The van der Waals surface area contributed by atoms with E-state index >= 15 is 0 Å². The highest BCUT2D eigenvalue weighted by Gasteiger charge is 2.32. The predicted molar refractivity (Wildman–Crippen MR) is 115 cm³/mol. The van der Waals surface area contributed by atoms with Gasteiger partial charge in [-0.25, -0.2) is 4.79 Å². The van der Waals surface area contributed by atoms with Gasteiger partial charge in [0.25, 0.3) is 0 Å². The third kappa shape index (κ3) is 8.25. The molecule has 0 radical (unpaired) electrons. The van der Waals surface area contributed by atoms with Gasteiger partial charge < -0.3 is 37.0 Å². The van der Waals surface area contributed by atoms with Gasteiger partial charge in [-0.15, -0.1) is 0 Å². The summed E-state index contributed by atoms with van der Waals surface area (Å²) >= 11 is 0. The van der Waals surface area contributed by atoms with E-state index in [4.69, 9.17) is 5.73 Å². The Hall–Kier alpha value is -3.02. The average molecular weight is 453 g/mol. The highest BCUT2D eigenvalue weighted by atomic mass is 16.4. The number of benzene rings is 1. The van der Waals surface area contributed by atoms with Gasteiger partial charge in [0, 0.05) is 6.42 Å². The Morgan fingerprint density at radius 1 is 0.906 bits per heavy atom. The second-order valence-electron chi connectivity index (χ2n) is 7.83. The van der Waals surface area contributed by atoms with E-state index in [1.54, 1.807) is 44.2 Å². The van der Waals surface area contributed by atoms with E-state index in [-0.39, 0.29) is 6.42 Å². The minimum absolute atomic E-state index is 0.00984. The second kappa shape index (κ2) is 12.7. The summed E-state index contributed by atoms with van der Waals surface area (Å²) in [7, 11) is 0. The summed E-state index contributed by atoms with van der Waals surface area (Å²) < 4.78 is 0. The van der Waals surface area contributed by atoms with Crippen LogP contribution in [0.2, 0.25) is 0 Å². The average Bonchev–Trinajstić information content (AvgIpc) is 2.74. The smallest absolute Gasteiger partial charge is 0.326 e. The number of aliphatic hydroxyl groups is 2. The number of aliphatic carboxylic acids is 1. The summed E-state index contributed by atoms with van der Waals surface area (Å²) in [5.41, 5.74) is 6.26. The molecule has 11 heteroatoms. The largest absolute Gasteiger partial charge is 0.480 e. The van der Waals surface area contributed by atoms with E-state index in [2.05, 4.69) is 16.0 Å². The van der Waals surface area contributed by atoms with Crippen LogP contribution in [0.15, 0.2) is 30.3 Å². The Morgan fingerprint density at radius 3 is 1.94 bits per heavy atom. The van der Waals surface area contributed by atoms with Crippen molar-refractivity contribution in [2.24, 2.45) is 11.7 Å². The van der Waals surface area contributed by atoms with E-state index in [1.165, 1.54) is 6.92 Å². The van der Waals surface area contributed by atoms with Crippen molar-refractivity contribution in [2.75, 3.05) is 6.61 Å². The molecule has 1 rings (SSSR count). The maximum Gasteiger partial charge on any atom is 0.326 e. The van der Waals surface area contributed by atoms with Crippen LogP contribution in [0, 0.1) is 5.92 Å². The number of carbonyl (C=O) groups excluding carboxylic acids is 3. The lowest BCUT2D eigenvalue weighted by atomic mass is 10.0.